The van der Waals surface area contributed by atoms with Crippen LogP contribution in [0.25, 0.3) is 0 Å². The van der Waals surface area contributed by atoms with E-state index in [-0.39, 0.29) is 18.1 Å². The smallest absolute Gasteiger partial charge is 0.297 e. The zero-order chi connectivity index (χ0) is 28.8. The van der Waals surface area contributed by atoms with Gasteiger partial charge in [0.25, 0.3) is 10.1 Å². The van der Waals surface area contributed by atoms with Crippen molar-refractivity contribution >= 4 is 10.1 Å². The maximum atomic E-state index is 11.9. The molecule has 40 heavy (non-hydrogen) atoms. The van der Waals surface area contributed by atoms with Crippen LogP contribution in [0.5, 0.6) is 0 Å². The van der Waals surface area contributed by atoms with E-state index in [0.717, 1.165) is 0 Å². The number of hydrogen-bond donors (Lipinski definition) is 0. The summed E-state index contributed by atoms with van der Waals surface area (Å²) >= 11 is 0. The lowest BCUT2D eigenvalue weighted by molar-refractivity contribution is -0.0250. The topological polar surface area (TPSA) is 126 Å². The highest BCUT2D eigenvalue weighted by atomic mass is 32.2. The zero-order valence-corrected chi connectivity index (χ0v) is 24.2. The van der Waals surface area contributed by atoms with Gasteiger partial charge in [0.1, 0.15) is 0 Å². The lowest BCUT2D eigenvalue weighted by atomic mass is 10.4. The second kappa shape index (κ2) is 27.7. The molecule has 0 aliphatic heterocycles. The largest absolute Gasteiger partial charge is 0.377 e. The van der Waals surface area contributed by atoms with E-state index < -0.39 is 10.1 Å². The fraction of sp³-hybridized carbons (Fsp3) is 0.704. The van der Waals surface area contributed by atoms with Crippen LogP contribution in [-0.4, -0.2) is 134 Å². The Morgan fingerprint density at radius 1 is 0.475 bits per heavy atom. The molecule has 0 aliphatic carbocycles. The van der Waals surface area contributed by atoms with Crippen molar-refractivity contribution in [2.24, 2.45) is 0 Å². The molecule has 232 valence electrons. The highest BCUT2D eigenvalue weighted by Gasteiger charge is 2.13. The summed E-state index contributed by atoms with van der Waals surface area (Å²) in [5, 5.41) is 0. The van der Waals surface area contributed by atoms with Gasteiger partial charge in [-0.1, -0.05) is 24.3 Å². The van der Waals surface area contributed by atoms with Gasteiger partial charge in [0, 0.05) is 0 Å². The Morgan fingerprint density at radius 3 is 1.10 bits per heavy atom. The molecule has 0 amide bonds. The normalized spacial score (nSPS) is 11.7. The Hall–Kier alpha value is -1.49. The van der Waals surface area contributed by atoms with Crippen LogP contribution in [0.4, 0.5) is 0 Å². The fourth-order valence-electron chi connectivity index (χ4n) is 2.78. The molecule has 0 radical (unpaired) electrons. The third kappa shape index (κ3) is 23.2. The van der Waals surface area contributed by atoms with Gasteiger partial charge >= 0.3 is 0 Å². The first-order valence-electron chi connectivity index (χ1n) is 13.4. The summed E-state index contributed by atoms with van der Waals surface area (Å²) in [6.07, 6.45) is 1.70. The van der Waals surface area contributed by atoms with Crippen LogP contribution in [0.3, 0.4) is 0 Å². The third-order valence-electron chi connectivity index (χ3n) is 4.71. The SMILES string of the molecule is C=CCOCCOCCOCCOCCOCCOCCOCCOCCOCCOS(=O)(=O)c1ccccc1. The van der Waals surface area contributed by atoms with E-state index in [1.54, 1.807) is 24.3 Å². The molecule has 0 saturated carbocycles. The molecule has 13 heteroatoms. The maximum absolute atomic E-state index is 11.9. The summed E-state index contributed by atoms with van der Waals surface area (Å²) in [5.74, 6) is 0. The Bertz CT molecular complexity index is 779. The van der Waals surface area contributed by atoms with Gasteiger partial charge in [0.05, 0.1) is 130 Å². The summed E-state index contributed by atoms with van der Waals surface area (Å²) in [6, 6.07) is 7.98. The van der Waals surface area contributed by atoms with Crippen molar-refractivity contribution in [2.75, 3.05) is 126 Å². The minimum absolute atomic E-state index is 0.0555. The van der Waals surface area contributed by atoms with Crippen molar-refractivity contribution in [3.8, 4) is 0 Å². The zero-order valence-electron chi connectivity index (χ0n) is 23.4. The molecule has 0 fully saturated rings. The Balaban J connectivity index is 1.69. The van der Waals surface area contributed by atoms with Crippen LogP contribution in [0.2, 0.25) is 0 Å². The second-order valence-corrected chi connectivity index (χ2v) is 9.47. The van der Waals surface area contributed by atoms with Gasteiger partial charge in [0.2, 0.25) is 0 Å². The minimum Gasteiger partial charge on any atom is -0.377 e. The van der Waals surface area contributed by atoms with Gasteiger partial charge in [-0.15, -0.1) is 6.58 Å². The van der Waals surface area contributed by atoms with E-state index in [9.17, 15) is 8.42 Å². The summed E-state index contributed by atoms with van der Waals surface area (Å²) < 4.78 is 77.2. The Labute approximate surface area is 238 Å². The van der Waals surface area contributed by atoms with E-state index in [2.05, 4.69) is 6.58 Å². The molecular formula is C27H46O12S. The van der Waals surface area contributed by atoms with Crippen molar-refractivity contribution in [3.63, 3.8) is 0 Å². The van der Waals surface area contributed by atoms with Crippen LogP contribution < -0.4 is 0 Å². The van der Waals surface area contributed by atoms with Gasteiger partial charge in [-0.2, -0.15) is 8.42 Å². The number of rotatable bonds is 31. The van der Waals surface area contributed by atoms with E-state index in [1.807, 2.05) is 0 Å². The van der Waals surface area contributed by atoms with E-state index in [1.165, 1.54) is 12.1 Å². The predicted octanol–water partition coefficient (Wildman–Crippen LogP) is 1.73. The summed E-state index contributed by atoms with van der Waals surface area (Å²) in [6.45, 7) is 11.8. The molecule has 0 N–H and O–H groups in total. The molecular weight excluding hydrogens is 548 g/mol. The van der Waals surface area contributed by atoms with E-state index in [0.29, 0.717) is 112 Å². The monoisotopic (exact) mass is 594 g/mol. The first-order valence-corrected chi connectivity index (χ1v) is 14.8. The van der Waals surface area contributed by atoms with Gasteiger partial charge in [-0.3, -0.25) is 4.18 Å². The van der Waals surface area contributed by atoms with Gasteiger partial charge in [-0.05, 0) is 12.1 Å². The second-order valence-electron chi connectivity index (χ2n) is 7.85. The maximum Gasteiger partial charge on any atom is 0.297 e. The Morgan fingerprint density at radius 2 is 0.775 bits per heavy atom. The molecule has 1 rings (SSSR count). The molecule has 1 aromatic carbocycles. The quantitative estimate of drug-likeness (QED) is 0.0706. The average Bonchev–Trinajstić information content (AvgIpc) is 2.97. The molecule has 0 spiro atoms. The van der Waals surface area contributed by atoms with Crippen LogP contribution in [0.15, 0.2) is 47.9 Å². The predicted molar refractivity (Wildman–Crippen MR) is 147 cm³/mol. The molecule has 12 nitrogen and oxygen atoms in total. The van der Waals surface area contributed by atoms with Crippen LogP contribution in [0, 0.1) is 0 Å². The summed E-state index contributed by atoms with van der Waals surface area (Å²) in [7, 11) is -3.75. The lowest BCUT2D eigenvalue weighted by Crippen LogP contribution is -2.15. The first-order chi connectivity index (χ1) is 19.7. The third-order valence-corrected chi connectivity index (χ3v) is 6.04. The molecule has 0 unspecified atom stereocenters. The standard InChI is InChI=1S/C27H46O12S/c1-2-8-30-9-10-31-11-12-32-13-14-33-15-16-34-17-18-35-19-20-36-21-22-37-23-24-38-25-26-39-40(28,29)27-6-4-3-5-7-27/h2-7H,1,8-26H2. The summed E-state index contributed by atoms with van der Waals surface area (Å²) in [5.41, 5.74) is 0. The van der Waals surface area contributed by atoms with E-state index >= 15 is 0 Å². The van der Waals surface area contributed by atoms with Crippen LogP contribution in [0.1, 0.15) is 0 Å². The lowest BCUT2D eigenvalue weighted by Gasteiger charge is -2.09. The van der Waals surface area contributed by atoms with Crippen molar-refractivity contribution in [3.05, 3.63) is 43.0 Å². The minimum atomic E-state index is -3.75. The number of hydrogen-bond acceptors (Lipinski definition) is 12. The fourth-order valence-corrected chi connectivity index (χ4v) is 3.70. The van der Waals surface area contributed by atoms with Crippen molar-refractivity contribution in [1.82, 2.24) is 0 Å². The first kappa shape index (κ1) is 36.5. The number of benzene rings is 1. The molecule has 0 saturated heterocycles. The van der Waals surface area contributed by atoms with Crippen LogP contribution >= 0.6 is 0 Å². The molecule has 0 atom stereocenters. The summed E-state index contributed by atoms with van der Waals surface area (Å²) in [4.78, 5) is 0.122. The molecule has 0 aromatic heterocycles. The van der Waals surface area contributed by atoms with Gasteiger partial charge in [-0.25, -0.2) is 0 Å². The van der Waals surface area contributed by atoms with Crippen molar-refractivity contribution < 1.29 is 55.2 Å². The van der Waals surface area contributed by atoms with E-state index in [4.69, 9.17) is 46.8 Å². The molecule has 1 aromatic rings. The average molecular weight is 595 g/mol. The van der Waals surface area contributed by atoms with Gasteiger partial charge in [0.15, 0.2) is 0 Å². The Kier molecular flexibility index (Phi) is 25.3. The van der Waals surface area contributed by atoms with Crippen molar-refractivity contribution in [2.45, 2.75) is 4.90 Å². The molecule has 0 bridgehead atoms. The van der Waals surface area contributed by atoms with Gasteiger partial charge < -0.3 is 42.6 Å². The molecule has 0 heterocycles. The highest BCUT2D eigenvalue weighted by molar-refractivity contribution is 7.86. The molecule has 0 aliphatic rings. The highest BCUT2D eigenvalue weighted by Crippen LogP contribution is 2.10. The van der Waals surface area contributed by atoms with Crippen molar-refractivity contribution in [1.29, 1.82) is 0 Å². The number of ether oxygens (including phenoxy) is 9. The van der Waals surface area contributed by atoms with Crippen LogP contribution in [-0.2, 0) is 56.9 Å².